The third-order valence-corrected chi connectivity index (χ3v) is 9.39. The molecule has 0 atom stereocenters. The molecule has 0 aliphatic carbocycles. The molecule has 9 aromatic rings. The number of nitrogens with zero attached hydrogens (tertiary/aromatic N) is 5. The van der Waals surface area contributed by atoms with E-state index in [-0.39, 0.29) is 5.82 Å². The number of hydrogen-bond donors (Lipinski definition) is 0. The fourth-order valence-electron chi connectivity index (χ4n) is 6.93. The fraction of sp³-hybridized carbons (Fsp3) is 0. The van der Waals surface area contributed by atoms with E-state index in [0.29, 0.717) is 28.6 Å². The zero-order chi connectivity index (χ0) is 35.0. The van der Waals surface area contributed by atoms with Crippen LogP contribution in [0, 0.1) is 17.1 Å². The highest BCUT2D eigenvalue weighted by atomic mass is 19.1. The topological polar surface area (TPSA) is 67.4 Å². The molecule has 9 rings (SSSR count). The van der Waals surface area contributed by atoms with Crippen molar-refractivity contribution in [3.8, 4) is 68.2 Å². The number of halogens is 1. The molecule has 0 aliphatic rings. The summed E-state index contributed by atoms with van der Waals surface area (Å²) >= 11 is 0. The normalized spacial score (nSPS) is 11.2. The van der Waals surface area contributed by atoms with Crippen LogP contribution in [0.1, 0.15) is 5.56 Å². The van der Waals surface area contributed by atoms with Crippen molar-refractivity contribution < 1.29 is 4.39 Å². The Labute approximate surface area is 299 Å². The average Bonchev–Trinajstić information content (AvgIpc) is 3.55. The van der Waals surface area contributed by atoms with Gasteiger partial charge >= 0.3 is 0 Å². The molecule has 5 nitrogen and oxygen atoms in total. The maximum absolute atomic E-state index is 15.4. The maximum atomic E-state index is 15.4. The summed E-state index contributed by atoms with van der Waals surface area (Å²) < 4.78 is 17.6. The van der Waals surface area contributed by atoms with Crippen LogP contribution in [0.25, 0.3) is 83.9 Å². The SMILES string of the molecule is N#Cc1ccccc1-c1ccc2c(c1)c1ccccc1n2-c1cc(-c2ccccc2F)ccc1-c1nc(-c2ccccc2)nc(-c2ccccc2)n1. The van der Waals surface area contributed by atoms with Crippen LogP contribution in [-0.2, 0) is 0 Å². The third-order valence-electron chi connectivity index (χ3n) is 9.39. The number of fused-ring (bicyclic) bond motifs is 3. The van der Waals surface area contributed by atoms with Crippen molar-refractivity contribution in [3.05, 3.63) is 181 Å². The van der Waals surface area contributed by atoms with E-state index in [1.165, 1.54) is 6.07 Å². The van der Waals surface area contributed by atoms with Crippen molar-refractivity contribution >= 4 is 21.8 Å². The van der Waals surface area contributed by atoms with E-state index in [1.54, 1.807) is 12.1 Å². The molecule has 2 aromatic heterocycles. The largest absolute Gasteiger partial charge is 0.308 e. The number of hydrogen-bond acceptors (Lipinski definition) is 4. The van der Waals surface area contributed by atoms with Crippen molar-refractivity contribution in [2.45, 2.75) is 0 Å². The Morgan fingerprint density at radius 3 is 1.71 bits per heavy atom. The maximum Gasteiger partial charge on any atom is 0.166 e. The lowest BCUT2D eigenvalue weighted by molar-refractivity contribution is 0.631. The molecule has 0 radical (unpaired) electrons. The summed E-state index contributed by atoms with van der Waals surface area (Å²) in [5.74, 6) is 1.30. The summed E-state index contributed by atoms with van der Waals surface area (Å²) in [6.07, 6.45) is 0. The number of aromatic nitrogens is 4. The lowest BCUT2D eigenvalue weighted by Crippen LogP contribution is -2.04. The standard InChI is InChI=1S/C46H28FN5/c47-40-21-11-9-19-36(40)33-23-25-38(46-50-44(30-13-3-1-4-14-30)49-45(51-46)31-15-5-2-6-16-31)43(28-33)52-41-22-12-10-20-37(41)39-27-32(24-26-42(39)52)35-18-8-7-17-34(35)29-48/h1-28H. The number of nitriles is 1. The molecule has 0 amide bonds. The quantitative estimate of drug-likeness (QED) is 0.177. The van der Waals surface area contributed by atoms with Gasteiger partial charge in [-0.1, -0.05) is 127 Å². The molecule has 0 aliphatic heterocycles. The van der Waals surface area contributed by atoms with E-state index in [2.05, 4.69) is 41.0 Å². The van der Waals surface area contributed by atoms with E-state index in [1.807, 2.05) is 121 Å². The van der Waals surface area contributed by atoms with Crippen molar-refractivity contribution in [2.75, 3.05) is 0 Å². The van der Waals surface area contributed by atoms with Crippen LogP contribution in [0.15, 0.2) is 170 Å². The van der Waals surface area contributed by atoms with Crippen LogP contribution in [0.2, 0.25) is 0 Å². The van der Waals surface area contributed by atoms with Gasteiger partial charge in [0.15, 0.2) is 17.5 Å². The van der Waals surface area contributed by atoms with Gasteiger partial charge in [0.05, 0.1) is 28.4 Å². The van der Waals surface area contributed by atoms with E-state index in [0.717, 1.165) is 60.9 Å². The second-order valence-electron chi connectivity index (χ2n) is 12.5. The molecule has 7 aromatic carbocycles. The van der Waals surface area contributed by atoms with Crippen LogP contribution < -0.4 is 0 Å². The molecule has 244 valence electrons. The zero-order valence-corrected chi connectivity index (χ0v) is 27.8. The predicted octanol–water partition coefficient (Wildman–Crippen LogP) is 11.3. The summed E-state index contributed by atoms with van der Waals surface area (Å²) in [5, 5.41) is 11.9. The summed E-state index contributed by atoms with van der Waals surface area (Å²) in [6.45, 7) is 0. The Hall–Kier alpha value is -7.23. The Kier molecular flexibility index (Phi) is 7.64. The highest BCUT2D eigenvalue weighted by Crippen LogP contribution is 2.40. The van der Waals surface area contributed by atoms with Gasteiger partial charge in [-0.05, 0) is 59.2 Å². The average molecular weight is 670 g/mol. The van der Waals surface area contributed by atoms with E-state index in [4.69, 9.17) is 15.0 Å². The molecular weight excluding hydrogens is 642 g/mol. The van der Waals surface area contributed by atoms with E-state index < -0.39 is 0 Å². The first-order chi connectivity index (χ1) is 25.7. The van der Waals surface area contributed by atoms with Crippen LogP contribution >= 0.6 is 0 Å². The molecule has 0 fully saturated rings. The van der Waals surface area contributed by atoms with Gasteiger partial charge in [0, 0.05) is 33.0 Å². The molecule has 0 bridgehead atoms. The smallest absolute Gasteiger partial charge is 0.166 e. The van der Waals surface area contributed by atoms with Crippen LogP contribution in [-0.4, -0.2) is 19.5 Å². The van der Waals surface area contributed by atoms with Crippen LogP contribution in [0.5, 0.6) is 0 Å². The van der Waals surface area contributed by atoms with Crippen molar-refractivity contribution in [1.82, 2.24) is 19.5 Å². The molecule has 6 heteroatoms. The van der Waals surface area contributed by atoms with Crippen LogP contribution in [0.3, 0.4) is 0 Å². The summed E-state index contributed by atoms with van der Waals surface area (Å²) in [5.41, 5.74) is 8.87. The lowest BCUT2D eigenvalue weighted by Gasteiger charge is -2.17. The Balaban J connectivity index is 1.35. The van der Waals surface area contributed by atoms with Crippen molar-refractivity contribution in [3.63, 3.8) is 0 Å². The fourth-order valence-corrected chi connectivity index (χ4v) is 6.93. The Bertz CT molecular complexity index is 2760. The van der Waals surface area contributed by atoms with Gasteiger partial charge in [0.1, 0.15) is 5.82 Å². The van der Waals surface area contributed by atoms with Gasteiger partial charge in [-0.15, -0.1) is 0 Å². The first-order valence-electron chi connectivity index (χ1n) is 17.0. The first-order valence-corrected chi connectivity index (χ1v) is 17.0. The van der Waals surface area contributed by atoms with Gasteiger partial charge < -0.3 is 4.57 Å². The van der Waals surface area contributed by atoms with Gasteiger partial charge in [-0.25, -0.2) is 19.3 Å². The second kappa shape index (κ2) is 12.9. The highest BCUT2D eigenvalue weighted by molar-refractivity contribution is 6.11. The molecule has 52 heavy (non-hydrogen) atoms. The number of benzene rings is 7. The van der Waals surface area contributed by atoms with Crippen LogP contribution in [0.4, 0.5) is 4.39 Å². The number of rotatable bonds is 6. The van der Waals surface area contributed by atoms with Gasteiger partial charge in [-0.3, -0.25) is 0 Å². The minimum absolute atomic E-state index is 0.304. The zero-order valence-electron chi connectivity index (χ0n) is 27.8. The van der Waals surface area contributed by atoms with E-state index in [9.17, 15) is 5.26 Å². The Morgan fingerprint density at radius 1 is 0.442 bits per heavy atom. The molecule has 2 heterocycles. The second-order valence-corrected chi connectivity index (χ2v) is 12.5. The summed E-state index contributed by atoms with van der Waals surface area (Å²) in [7, 11) is 0. The minimum atomic E-state index is -0.304. The molecule has 0 unspecified atom stereocenters. The Morgan fingerprint density at radius 2 is 1.00 bits per heavy atom. The summed E-state index contributed by atoms with van der Waals surface area (Å²) in [6, 6.07) is 57.1. The predicted molar refractivity (Wildman–Crippen MR) is 206 cm³/mol. The monoisotopic (exact) mass is 669 g/mol. The third kappa shape index (κ3) is 5.38. The van der Waals surface area contributed by atoms with Crippen molar-refractivity contribution in [1.29, 1.82) is 5.26 Å². The molecule has 0 spiro atoms. The summed E-state index contributed by atoms with van der Waals surface area (Å²) in [4.78, 5) is 15.1. The van der Waals surface area contributed by atoms with Crippen molar-refractivity contribution in [2.24, 2.45) is 0 Å². The molecule has 0 N–H and O–H groups in total. The first kappa shape index (κ1) is 30.8. The van der Waals surface area contributed by atoms with E-state index >= 15 is 4.39 Å². The highest BCUT2D eigenvalue weighted by Gasteiger charge is 2.21. The lowest BCUT2D eigenvalue weighted by atomic mass is 9.98. The minimum Gasteiger partial charge on any atom is -0.308 e. The molecule has 0 saturated carbocycles. The van der Waals surface area contributed by atoms with Gasteiger partial charge in [0.25, 0.3) is 0 Å². The van der Waals surface area contributed by atoms with Gasteiger partial charge in [-0.2, -0.15) is 5.26 Å². The van der Waals surface area contributed by atoms with Gasteiger partial charge in [0.2, 0.25) is 0 Å². The molecular formula is C46H28FN5. The molecule has 0 saturated heterocycles. The number of para-hydroxylation sites is 1.